The van der Waals surface area contributed by atoms with Crippen molar-refractivity contribution in [2.45, 2.75) is 25.9 Å². The van der Waals surface area contributed by atoms with Gasteiger partial charge in [-0.2, -0.15) is 9.47 Å². The van der Waals surface area contributed by atoms with Crippen LogP contribution in [0.25, 0.3) is 0 Å². The summed E-state index contributed by atoms with van der Waals surface area (Å²) in [4.78, 5) is 24.7. The van der Waals surface area contributed by atoms with Gasteiger partial charge in [0.05, 0.1) is 17.9 Å². The number of amides is 1. The van der Waals surface area contributed by atoms with Crippen molar-refractivity contribution in [2.75, 3.05) is 5.01 Å². The first-order valence-corrected chi connectivity index (χ1v) is 8.17. The van der Waals surface area contributed by atoms with Gasteiger partial charge in [-0.05, 0) is 36.7 Å². The summed E-state index contributed by atoms with van der Waals surface area (Å²) in [6.07, 6.45) is 0.0672. The molecule has 124 valence electrons. The van der Waals surface area contributed by atoms with Crippen LogP contribution in [0.1, 0.15) is 17.0 Å². The van der Waals surface area contributed by atoms with Gasteiger partial charge in [-0.3, -0.25) is 9.80 Å². The minimum Gasteiger partial charge on any atom is -0.477 e. The van der Waals surface area contributed by atoms with Gasteiger partial charge in [-0.1, -0.05) is 18.2 Å². The molecule has 8 heteroatoms. The number of hydrogen-bond donors (Lipinski definition) is 2. The van der Waals surface area contributed by atoms with Crippen molar-refractivity contribution >= 4 is 34.8 Å². The molecule has 0 fully saturated rings. The molecule has 0 radical (unpaired) electrons. The largest absolute Gasteiger partial charge is 0.477 e. The van der Waals surface area contributed by atoms with E-state index in [1.165, 1.54) is 16.5 Å². The van der Waals surface area contributed by atoms with Crippen LogP contribution in [-0.4, -0.2) is 33.1 Å². The quantitative estimate of drug-likeness (QED) is 0.862. The highest BCUT2D eigenvalue weighted by molar-refractivity contribution is 7.05. The summed E-state index contributed by atoms with van der Waals surface area (Å²) in [6, 6.07) is 10.3. The molecule has 7 nitrogen and oxygen atoms in total. The Labute approximate surface area is 142 Å². The standard InChI is InChI=1S/C16H16N4O3S/c1-10-7-12(24-19-10)9-17-15(21)14-8-13(16(22)23)18-20(14)11-5-3-2-4-6-11/h2-7,14H,8-9H2,1H3,(H,17,21)(H,22,23). The van der Waals surface area contributed by atoms with Crippen molar-refractivity contribution in [1.29, 1.82) is 0 Å². The lowest BCUT2D eigenvalue weighted by molar-refractivity contribution is -0.129. The van der Waals surface area contributed by atoms with Gasteiger partial charge in [-0.15, -0.1) is 0 Å². The molecule has 0 bridgehead atoms. The average molecular weight is 344 g/mol. The van der Waals surface area contributed by atoms with E-state index in [2.05, 4.69) is 14.8 Å². The first kappa shape index (κ1) is 16.1. The lowest BCUT2D eigenvalue weighted by atomic mass is 10.1. The van der Waals surface area contributed by atoms with Crippen LogP contribution in [-0.2, 0) is 16.1 Å². The molecule has 2 N–H and O–H groups in total. The van der Waals surface area contributed by atoms with Gasteiger partial charge in [0.1, 0.15) is 11.8 Å². The summed E-state index contributed by atoms with van der Waals surface area (Å²) in [6.45, 7) is 2.26. The molecule has 0 saturated carbocycles. The number of aryl methyl sites for hydroxylation is 1. The SMILES string of the molecule is Cc1cc(CNC(=O)C2CC(C(=O)O)=NN2c2ccccc2)sn1. The molecule has 3 rings (SSSR count). The smallest absolute Gasteiger partial charge is 0.352 e. The third kappa shape index (κ3) is 3.43. The van der Waals surface area contributed by atoms with Crippen molar-refractivity contribution in [3.05, 3.63) is 47.0 Å². The van der Waals surface area contributed by atoms with Crippen molar-refractivity contribution in [2.24, 2.45) is 5.10 Å². The fourth-order valence-electron chi connectivity index (χ4n) is 2.45. The van der Waals surface area contributed by atoms with E-state index in [-0.39, 0.29) is 18.0 Å². The lowest BCUT2D eigenvalue weighted by Gasteiger charge is -2.22. The number of carboxylic acids is 1. The zero-order valence-corrected chi connectivity index (χ0v) is 13.8. The summed E-state index contributed by atoms with van der Waals surface area (Å²) in [5, 5.41) is 17.6. The highest BCUT2D eigenvalue weighted by atomic mass is 32.1. The second kappa shape index (κ2) is 6.79. The van der Waals surface area contributed by atoms with E-state index in [0.717, 1.165) is 10.6 Å². The Hall–Kier alpha value is -2.74. The van der Waals surface area contributed by atoms with Gasteiger partial charge >= 0.3 is 5.97 Å². The third-order valence-electron chi connectivity index (χ3n) is 3.59. The first-order valence-electron chi connectivity index (χ1n) is 7.39. The Bertz CT molecular complexity index is 788. The van der Waals surface area contributed by atoms with Gasteiger partial charge in [0.2, 0.25) is 5.91 Å². The van der Waals surface area contributed by atoms with Crippen molar-refractivity contribution in [3.8, 4) is 0 Å². The number of carbonyl (C=O) groups excluding carboxylic acids is 1. The minimum atomic E-state index is -1.11. The number of nitrogens with zero attached hydrogens (tertiary/aromatic N) is 3. The Balaban J connectivity index is 1.75. The number of nitrogens with one attached hydrogen (secondary N) is 1. The number of carbonyl (C=O) groups is 2. The molecule has 0 saturated heterocycles. The van der Waals surface area contributed by atoms with E-state index in [0.29, 0.717) is 12.2 Å². The number of hydrazone groups is 1. The fourth-order valence-corrected chi connectivity index (χ4v) is 3.13. The molecular weight excluding hydrogens is 328 g/mol. The zero-order chi connectivity index (χ0) is 17.1. The molecule has 1 aromatic heterocycles. The van der Waals surface area contributed by atoms with E-state index >= 15 is 0 Å². The molecule has 1 aliphatic heterocycles. The van der Waals surface area contributed by atoms with Gasteiger partial charge in [0, 0.05) is 11.3 Å². The topological polar surface area (TPSA) is 94.9 Å². The van der Waals surface area contributed by atoms with E-state index in [9.17, 15) is 14.7 Å². The Morgan fingerprint density at radius 3 is 2.75 bits per heavy atom. The molecule has 1 atom stereocenters. The monoisotopic (exact) mass is 344 g/mol. The number of anilines is 1. The number of para-hydroxylation sites is 1. The van der Waals surface area contributed by atoms with Crippen molar-refractivity contribution in [3.63, 3.8) is 0 Å². The van der Waals surface area contributed by atoms with Crippen LogP contribution < -0.4 is 10.3 Å². The molecule has 0 aliphatic carbocycles. The van der Waals surface area contributed by atoms with E-state index in [1.54, 1.807) is 12.1 Å². The van der Waals surface area contributed by atoms with E-state index < -0.39 is 12.0 Å². The maximum Gasteiger partial charge on any atom is 0.352 e. The summed E-state index contributed by atoms with van der Waals surface area (Å²) >= 11 is 1.34. The maximum absolute atomic E-state index is 12.5. The molecule has 1 aromatic carbocycles. The third-order valence-corrected chi connectivity index (χ3v) is 4.47. The molecule has 1 aliphatic rings. The first-order chi connectivity index (χ1) is 11.5. The van der Waals surface area contributed by atoms with Crippen LogP contribution in [0.5, 0.6) is 0 Å². The second-order valence-electron chi connectivity index (χ2n) is 5.40. The van der Waals surface area contributed by atoms with Gasteiger partial charge in [0.15, 0.2) is 0 Å². The predicted octanol–water partition coefficient (Wildman–Crippen LogP) is 1.79. The molecule has 2 aromatic rings. The normalized spacial score (nSPS) is 16.8. The molecule has 2 heterocycles. The lowest BCUT2D eigenvalue weighted by Crippen LogP contribution is -2.42. The highest BCUT2D eigenvalue weighted by Gasteiger charge is 2.36. The van der Waals surface area contributed by atoms with Crippen LogP contribution in [0.15, 0.2) is 41.5 Å². The summed E-state index contributed by atoms with van der Waals surface area (Å²) in [7, 11) is 0. The Kier molecular flexibility index (Phi) is 4.57. The number of carboxylic acid groups (broad SMARTS) is 1. The van der Waals surface area contributed by atoms with Gasteiger partial charge < -0.3 is 10.4 Å². The van der Waals surface area contributed by atoms with Crippen LogP contribution in [0.4, 0.5) is 5.69 Å². The molecule has 1 amide bonds. The molecule has 0 spiro atoms. The maximum atomic E-state index is 12.5. The number of aliphatic carboxylic acids is 1. The van der Waals surface area contributed by atoms with Gasteiger partial charge in [0.25, 0.3) is 0 Å². The summed E-state index contributed by atoms with van der Waals surface area (Å²) < 4.78 is 4.17. The van der Waals surface area contributed by atoms with Crippen molar-refractivity contribution < 1.29 is 14.7 Å². The minimum absolute atomic E-state index is 0.0207. The predicted molar refractivity (Wildman–Crippen MR) is 91.1 cm³/mol. The van der Waals surface area contributed by atoms with Gasteiger partial charge in [-0.25, -0.2) is 4.79 Å². The summed E-state index contributed by atoms with van der Waals surface area (Å²) in [5.74, 6) is -1.37. The van der Waals surface area contributed by atoms with Crippen LogP contribution >= 0.6 is 11.5 Å². The Morgan fingerprint density at radius 2 is 2.12 bits per heavy atom. The van der Waals surface area contributed by atoms with Crippen LogP contribution in [0.3, 0.4) is 0 Å². The molecular formula is C16H16N4O3S. The number of benzene rings is 1. The number of aromatic nitrogens is 1. The fraction of sp³-hybridized carbons (Fsp3) is 0.250. The number of hydrogen-bond acceptors (Lipinski definition) is 6. The van der Waals surface area contributed by atoms with Crippen LogP contribution in [0, 0.1) is 6.92 Å². The number of rotatable bonds is 5. The van der Waals surface area contributed by atoms with E-state index in [1.807, 2.05) is 31.2 Å². The molecule has 24 heavy (non-hydrogen) atoms. The Morgan fingerprint density at radius 1 is 1.38 bits per heavy atom. The van der Waals surface area contributed by atoms with E-state index in [4.69, 9.17) is 0 Å². The second-order valence-corrected chi connectivity index (χ2v) is 6.29. The zero-order valence-electron chi connectivity index (χ0n) is 13.0. The van der Waals surface area contributed by atoms with Crippen molar-refractivity contribution in [1.82, 2.24) is 9.69 Å². The van der Waals surface area contributed by atoms with Crippen LogP contribution in [0.2, 0.25) is 0 Å². The summed E-state index contributed by atoms with van der Waals surface area (Å²) in [5.41, 5.74) is 1.57. The highest BCUT2D eigenvalue weighted by Crippen LogP contribution is 2.24. The average Bonchev–Trinajstić information content (AvgIpc) is 3.20. The molecule has 1 unspecified atom stereocenters.